The van der Waals surface area contributed by atoms with Crippen LogP contribution < -0.4 is 20.5 Å². The summed E-state index contributed by atoms with van der Waals surface area (Å²) in [5, 5.41) is 8.00. The van der Waals surface area contributed by atoms with Crippen LogP contribution in [-0.4, -0.2) is 32.4 Å². The molecule has 0 radical (unpaired) electrons. The van der Waals surface area contributed by atoms with E-state index in [1.165, 1.54) is 29.6 Å². The van der Waals surface area contributed by atoms with Crippen molar-refractivity contribution in [3.63, 3.8) is 0 Å². The van der Waals surface area contributed by atoms with Crippen LogP contribution in [0.1, 0.15) is 30.3 Å². The molecule has 0 aliphatic carbocycles. The van der Waals surface area contributed by atoms with Crippen molar-refractivity contribution < 1.29 is 27.0 Å². The number of rotatable bonds is 7. The lowest BCUT2D eigenvalue weighted by atomic mass is 10.0. The minimum atomic E-state index is -3.78. The zero-order valence-corrected chi connectivity index (χ0v) is 18.0. The van der Waals surface area contributed by atoms with Crippen LogP contribution in [0, 0.1) is 0 Å². The molecule has 1 aliphatic heterocycles. The molecule has 0 amide bonds. The molecule has 5 rings (SSSR count). The first-order chi connectivity index (χ1) is 16.2. The summed E-state index contributed by atoms with van der Waals surface area (Å²) in [4.78, 5) is 8.63. The fourth-order valence-corrected chi connectivity index (χ4v) is 3.75. The van der Waals surface area contributed by atoms with Gasteiger partial charge in [-0.1, -0.05) is 31.2 Å². The minimum Gasteiger partial charge on any atom is -0.395 e. The van der Waals surface area contributed by atoms with Gasteiger partial charge in [-0.25, -0.2) is 18.7 Å². The standard InChI is InChI=1S/C22H20F4N6O2/c1-2-21(23,24)13-5-3-12(4-6-13)11-28-10-9-16-29-19-14-7-8-15-18(34-22(25,26)33-15)17(14)30-20(27)32(19)31-16/h3-8,28H,2,9-11H2,1H3,(H2,27,30). The van der Waals surface area contributed by atoms with Crippen LogP contribution in [0.15, 0.2) is 36.4 Å². The van der Waals surface area contributed by atoms with Gasteiger partial charge in [-0.05, 0) is 17.7 Å². The number of alkyl halides is 4. The van der Waals surface area contributed by atoms with Gasteiger partial charge in [0.15, 0.2) is 23.0 Å². The Labute approximate surface area is 190 Å². The topological polar surface area (TPSA) is 99.6 Å². The highest BCUT2D eigenvalue weighted by Crippen LogP contribution is 2.45. The van der Waals surface area contributed by atoms with Crippen LogP contribution in [0.25, 0.3) is 16.6 Å². The fraction of sp³-hybridized carbons (Fsp3) is 0.318. The molecule has 4 aromatic rings. The number of nitrogen functional groups attached to an aromatic ring is 1. The van der Waals surface area contributed by atoms with Gasteiger partial charge in [-0.3, -0.25) is 0 Å². The largest absolute Gasteiger partial charge is 0.586 e. The molecule has 3 N–H and O–H groups in total. The van der Waals surface area contributed by atoms with Gasteiger partial charge in [-0.2, -0.15) is 4.52 Å². The van der Waals surface area contributed by atoms with E-state index in [1.807, 2.05) is 0 Å². The summed E-state index contributed by atoms with van der Waals surface area (Å²) in [5.41, 5.74) is 7.30. The Morgan fingerprint density at radius 2 is 1.85 bits per heavy atom. The van der Waals surface area contributed by atoms with Gasteiger partial charge >= 0.3 is 6.29 Å². The van der Waals surface area contributed by atoms with Gasteiger partial charge in [-0.15, -0.1) is 13.9 Å². The van der Waals surface area contributed by atoms with E-state index in [1.54, 1.807) is 18.2 Å². The Morgan fingerprint density at radius 3 is 2.59 bits per heavy atom. The molecule has 2 aromatic heterocycles. The number of nitrogens with zero attached hydrogens (tertiary/aromatic N) is 4. The third-order valence-electron chi connectivity index (χ3n) is 5.56. The second-order valence-electron chi connectivity index (χ2n) is 7.87. The molecular weight excluding hydrogens is 456 g/mol. The fourth-order valence-electron chi connectivity index (χ4n) is 3.75. The molecule has 0 atom stereocenters. The Kier molecular flexibility index (Phi) is 5.19. The van der Waals surface area contributed by atoms with Crippen LogP contribution in [0.4, 0.5) is 23.5 Å². The summed E-state index contributed by atoms with van der Waals surface area (Å²) in [6.07, 6.45) is -3.58. The lowest BCUT2D eigenvalue weighted by Crippen LogP contribution is -2.26. The number of hydrogen-bond acceptors (Lipinski definition) is 7. The molecule has 3 heterocycles. The van der Waals surface area contributed by atoms with Crippen molar-refractivity contribution in [1.29, 1.82) is 0 Å². The summed E-state index contributed by atoms with van der Waals surface area (Å²) in [6.45, 7) is 2.44. The lowest BCUT2D eigenvalue weighted by molar-refractivity contribution is -0.286. The summed E-state index contributed by atoms with van der Waals surface area (Å²) in [5.74, 6) is -2.74. The van der Waals surface area contributed by atoms with Crippen LogP contribution in [0.5, 0.6) is 11.5 Å². The van der Waals surface area contributed by atoms with E-state index in [0.29, 0.717) is 36.4 Å². The molecule has 0 fully saturated rings. The van der Waals surface area contributed by atoms with Crippen LogP contribution >= 0.6 is 0 Å². The van der Waals surface area contributed by atoms with Crippen LogP contribution in [0.3, 0.4) is 0 Å². The Hall–Kier alpha value is -3.67. The first kappa shape index (κ1) is 22.1. The van der Waals surface area contributed by atoms with E-state index in [-0.39, 0.29) is 34.9 Å². The molecule has 0 saturated carbocycles. The molecule has 0 unspecified atom stereocenters. The smallest absolute Gasteiger partial charge is 0.395 e. The van der Waals surface area contributed by atoms with Crippen molar-refractivity contribution in [2.24, 2.45) is 0 Å². The Balaban J connectivity index is 1.29. The molecule has 12 heteroatoms. The molecule has 34 heavy (non-hydrogen) atoms. The number of benzene rings is 2. The van der Waals surface area contributed by atoms with Crippen molar-refractivity contribution >= 4 is 22.5 Å². The van der Waals surface area contributed by atoms with E-state index in [4.69, 9.17) is 5.73 Å². The molecular formula is C22H20F4N6O2. The molecule has 1 aliphatic rings. The Bertz CT molecular complexity index is 1370. The van der Waals surface area contributed by atoms with E-state index in [9.17, 15) is 17.6 Å². The predicted octanol–water partition coefficient (Wildman–Crippen LogP) is 4.02. The van der Waals surface area contributed by atoms with Crippen LogP contribution in [-0.2, 0) is 18.9 Å². The summed E-state index contributed by atoms with van der Waals surface area (Å²) >= 11 is 0. The van der Waals surface area contributed by atoms with Gasteiger partial charge in [0.25, 0.3) is 5.92 Å². The van der Waals surface area contributed by atoms with Gasteiger partial charge in [0.1, 0.15) is 5.52 Å². The molecule has 0 saturated heterocycles. The van der Waals surface area contributed by atoms with Gasteiger partial charge in [0.05, 0.1) is 0 Å². The van der Waals surface area contributed by atoms with Gasteiger partial charge in [0.2, 0.25) is 5.95 Å². The first-order valence-electron chi connectivity index (χ1n) is 10.6. The van der Waals surface area contributed by atoms with Gasteiger partial charge in [0, 0.05) is 36.9 Å². The maximum absolute atomic E-state index is 13.7. The van der Waals surface area contributed by atoms with E-state index < -0.39 is 12.2 Å². The van der Waals surface area contributed by atoms with E-state index in [0.717, 1.165) is 5.56 Å². The number of nitrogens with one attached hydrogen (secondary N) is 1. The number of hydrogen-bond donors (Lipinski definition) is 2. The van der Waals surface area contributed by atoms with Crippen LogP contribution in [0.2, 0.25) is 0 Å². The zero-order chi connectivity index (χ0) is 24.1. The van der Waals surface area contributed by atoms with Crippen molar-refractivity contribution in [3.8, 4) is 11.5 Å². The molecule has 0 bridgehead atoms. The average molecular weight is 476 g/mol. The highest BCUT2D eigenvalue weighted by molar-refractivity contribution is 5.97. The SMILES string of the molecule is CCC(F)(F)c1ccc(CNCCc2nc3c4ccc5c(c4nc(N)n3n2)OC(F)(F)O5)cc1. The number of ether oxygens (including phenoxy) is 2. The van der Waals surface area contributed by atoms with Crippen molar-refractivity contribution in [2.45, 2.75) is 38.5 Å². The maximum atomic E-state index is 13.7. The zero-order valence-electron chi connectivity index (χ0n) is 18.0. The minimum absolute atomic E-state index is 0.00241. The molecule has 0 spiro atoms. The van der Waals surface area contributed by atoms with Gasteiger partial charge < -0.3 is 20.5 Å². The summed E-state index contributed by atoms with van der Waals surface area (Å²) in [6, 6.07) is 9.11. The Morgan fingerprint density at radius 1 is 1.09 bits per heavy atom. The van der Waals surface area contributed by atoms with Crippen molar-refractivity contribution in [1.82, 2.24) is 24.9 Å². The quantitative estimate of drug-likeness (QED) is 0.307. The first-order valence-corrected chi connectivity index (χ1v) is 10.6. The maximum Gasteiger partial charge on any atom is 0.586 e. The normalized spacial score (nSPS) is 14.9. The molecule has 178 valence electrons. The third kappa shape index (κ3) is 3.94. The summed E-state index contributed by atoms with van der Waals surface area (Å²) < 4.78 is 64.8. The van der Waals surface area contributed by atoms with Crippen molar-refractivity contribution in [3.05, 3.63) is 53.3 Å². The number of halogens is 4. The molecule has 8 nitrogen and oxygen atoms in total. The van der Waals surface area contributed by atoms with Crippen molar-refractivity contribution in [2.75, 3.05) is 12.3 Å². The number of anilines is 1. The van der Waals surface area contributed by atoms with E-state index >= 15 is 0 Å². The highest BCUT2D eigenvalue weighted by atomic mass is 19.3. The highest BCUT2D eigenvalue weighted by Gasteiger charge is 2.45. The predicted molar refractivity (Wildman–Crippen MR) is 115 cm³/mol. The number of aromatic nitrogens is 4. The average Bonchev–Trinajstić information content (AvgIpc) is 3.37. The number of nitrogens with two attached hydrogens (primary N) is 1. The third-order valence-corrected chi connectivity index (χ3v) is 5.56. The second kappa shape index (κ2) is 7.97. The second-order valence-corrected chi connectivity index (χ2v) is 7.87. The lowest BCUT2D eigenvalue weighted by Gasteiger charge is -2.14. The number of fused-ring (bicyclic) bond motifs is 5. The molecule has 2 aromatic carbocycles. The monoisotopic (exact) mass is 476 g/mol. The summed E-state index contributed by atoms with van der Waals surface area (Å²) in [7, 11) is 0. The van der Waals surface area contributed by atoms with E-state index in [2.05, 4.69) is 29.9 Å².